The van der Waals surface area contributed by atoms with Gasteiger partial charge in [0.15, 0.2) is 0 Å². The Kier molecular flexibility index (Phi) is 3.68. The van der Waals surface area contributed by atoms with Crippen molar-refractivity contribution in [1.82, 2.24) is 25.5 Å². The van der Waals surface area contributed by atoms with Gasteiger partial charge in [-0.2, -0.15) is 0 Å². The zero-order valence-corrected chi connectivity index (χ0v) is 13.3. The fourth-order valence-electron chi connectivity index (χ4n) is 3.26. The first-order valence-electron chi connectivity index (χ1n) is 8.10. The smallest absolute Gasteiger partial charge is 0.281 e. The minimum atomic E-state index is -0.991. The zero-order chi connectivity index (χ0) is 17.6. The standard InChI is InChI=1S/C15H16N6O4/c22-10-2-1-9(12(23)18-10)21-13(24)8-7-17-15(19-11(8)14(21)25)20-5-3-16-4-6-20/h7,9,16H,1-6H2,(H,18,22,23). The largest absolute Gasteiger partial charge is 0.338 e. The van der Waals surface area contributed by atoms with Crippen LogP contribution in [0.25, 0.3) is 0 Å². The average Bonchev–Trinajstić information content (AvgIpc) is 2.87. The van der Waals surface area contributed by atoms with Crippen LogP contribution in [0.2, 0.25) is 0 Å². The molecule has 0 aliphatic carbocycles. The van der Waals surface area contributed by atoms with Gasteiger partial charge in [0.1, 0.15) is 11.7 Å². The number of hydrogen-bond acceptors (Lipinski definition) is 8. The molecule has 2 N–H and O–H groups in total. The highest BCUT2D eigenvalue weighted by atomic mass is 16.2. The van der Waals surface area contributed by atoms with Crippen LogP contribution in [0.15, 0.2) is 6.20 Å². The summed E-state index contributed by atoms with van der Waals surface area (Å²) in [6, 6.07) is -0.991. The molecule has 10 nitrogen and oxygen atoms in total. The van der Waals surface area contributed by atoms with Gasteiger partial charge in [0.2, 0.25) is 17.8 Å². The number of anilines is 1. The Morgan fingerprint density at radius 3 is 2.56 bits per heavy atom. The Morgan fingerprint density at radius 2 is 1.84 bits per heavy atom. The van der Waals surface area contributed by atoms with Gasteiger partial charge in [0, 0.05) is 38.8 Å². The maximum Gasteiger partial charge on any atom is 0.281 e. The third-order valence-corrected chi connectivity index (χ3v) is 4.57. The van der Waals surface area contributed by atoms with Crippen LogP contribution in [0.3, 0.4) is 0 Å². The van der Waals surface area contributed by atoms with Crippen LogP contribution in [0.5, 0.6) is 0 Å². The number of piperazine rings is 1. The van der Waals surface area contributed by atoms with Crippen LogP contribution < -0.4 is 15.5 Å². The third-order valence-electron chi connectivity index (χ3n) is 4.57. The van der Waals surface area contributed by atoms with Crippen LogP contribution in [-0.2, 0) is 9.59 Å². The first-order chi connectivity index (χ1) is 12.1. The van der Waals surface area contributed by atoms with Gasteiger partial charge in [-0.15, -0.1) is 0 Å². The molecule has 0 aromatic carbocycles. The predicted molar refractivity (Wildman–Crippen MR) is 83.8 cm³/mol. The van der Waals surface area contributed by atoms with Gasteiger partial charge in [-0.3, -0.25) is 29.4 Å². The molecule has 3 aliphatic heterocycles. The van der Waals surface area contributed by atoms with Crippen LogP contribution in [0.1, 0.15) is 33.7 Å². The molecule has 4 amide bonds. The summed E-state index contributed by atoms with van der Waals surface area (Å²) in [7, 11) is 0. The molecule has 0 bridgehead atoms. The van der Waals surface area contributed by atoms with E-state index in [1.165, 1.54) is 6.20 Å². The van der Waals surface area contributed by atoms with Gasteiger partial charge < -0.3 is 10.2 Å². The molecule has 0 spiro atoms. The van der Waals surface area contributed by atoms with E-state index < -0.39 is 29.7 Å². The molecule has 2 fully saturated rings. The maximum absolute atomic E-state index is 12.7. The summed E-state index contributed by atoms with van der Waals surface area (Å²) in [5.74, 6) is -1.86. The average molecular weight is 344 g/mol. The van der Waals surface area contributed by atoms with E-state index in [-0.39, 0.29) is 24.1 Å². The number of fused-ring (bicyclic) bond motifs is 1. The Morgan fingerprint density at radius 1 is 1.08 bits per heavy atom. The van der Waals surface area contributed by atoms with Crippen molar-refractivity contribution in [1.29, 1.82) is 0 Å². The van der Waals surface area contributed by atoms with E-state index in [1.807, 2.05) is 4.90 Å². The molecule has 1 unspecified atom stereocenters. The number of piperidine rings is 1. The van der Waals surface area contributed by atoms with Crippen molar-refractivity contribution in [2.75, 3.05) is 31.1 Å². The van der Waals surface area contributed by atoms with Gasteiger partial charge in [-0.25, -0.2) is 9.97 Å². The molecule has 0 radical (unpaired) electrons. The molecule has 2 saturated heterocycles. The van der Waals surface area contributed by atoms with Gasteiger partial charge in [0.05, 0.1) is 5.56 Å². The molecule has 10 heteroatoms. The second-order valence-corrected chi connectivity index (χ2v) is 6.12. The summed E-state index contributed by atoms with van der Waals surface area (Å²) in [5.41, 5.74) is 0.104. The Balaban J connectivity index is 1.63. The summed E-state index contributed by atoms with van der Waals surface area (Å²) in [5, 5.41) is 5.37. The van der Waals surface area contributed by atoms with Crippen molar-refractivity contribution in [3.63, 3.8) is 0 Å². The first kappa shape index (κ1) is 15.6. The van der Waals surface area contributed by atoms with Crippen LogP contribution in [-0.4, -0.2) is 70.7 Å². The summed E-state index contributed by atoms with van der Waals surface area (Å²) in [6.45, 7) is 2.99. The lowest BCUT2D eigenvalue weighted by molar-refractivity contribution is -0.136. The fourth-order valence-corrected chi connectivity index (χ4v) is 3.26. The predicted octanol–water partition coefficient (Wildman–Crippen LogP) is -1.71. The number of nitrogens with one attached hydrogen (secondary N) is 2. The maximum atomic E-state index is 12.7. The van der Waals surface area contributed by atoms with E-state index in [0.29, 0.717) is 19.0 Å². The molecular formula is C15H16N6O4. The van der Waals surface area contributed by atoms with E-state index in [2.05, 4.69) is 20.6 Å². The summed E-state index contributed by atoms with van der Waals surface area (Å²) in [4.78, 5) is 59.8. The number of imide groups is 2. The minimum absolute atomic E-state index is 0.0123. The summed E-state index contributed by atoms with van der Waals surface area (Å²) < 4.78 is 0. The van der Waals surface area contributed by atoms with Gasteiger partial charge in [-0.1, -0.05) is 0 Å². The van der Waals surface area contributed by atoms with Crippen LogP contribution in [0, 0.1) is 0 Å². The van der Waals surface area contributed by atoms with Crippen LogP contribution >= 0.6 is 0 Å². The number of rotatable bonds is 2. The van der Waals surface area contributed by atoms with Crippen molar-refractivity contribution in [3.05, 3.63) is 17.5 Å². The van der Waals surface area contributed by atoms with E-state index in [9.17, 15) is 19.2 Å². The molecule has 25 heavy (non-hydrogen) atoms. The topological polar surface area (TPSA) is 125 Å². The minimum Gasteiger partial charge on any atom is -0.338 e. The fraction of sp³-hybridized carbons (Fsp3) is 0.467. The number of hydrogen-bond donors (Lipinski definition) is 2. The second kappa shape index (κ2) is 5.88. The lowest BCUT2D eigenvalue weighted by Gasteiger charge is -2.27. The summed E-state index contributed by atoms with van der Waals surface area (Å²) >= 11 is 0. The highest BCUT2D eigenvalue weighted by molar-refractivity contribution is 6.22. The SMILES string of the molecule is O=C1CCC(N2C(=O)c3cnc(N4CCNCC4)nc3C2=O)C(=O)N1. The molecule has 1 aromatic heterocycles. The quantitative estimate of drug-likeness (QED) is 0.608. The molecular weight excluding hydrogens is 328 g/mol. The van der Waals surface area contributed by atoms with Crippen LogP contribution in [0.4, 0.5) is 5.95 Å². The van der Waals surface area contributed by atoms with Crippen molar-refractivity contribution in [3.8, 4) is 0 Å². The van der Waals surface area contributed by atoms with E-state index in [1.54, 1.807) is 0 Å². The molecule has 1 aromatic rings. The Labute approximate surface area is 142 Å². The zero-order valence-electron chi connectivity index (χ0n) is 13.3. The van der Waals surface area contributed by atoms with E-state index in [0.717, 1.165) is 18.0 Å². The first-order valence-corrected chi connectivity index (χ1v) is 8.10. The van der Waals surface area contributed by atoms with E-state index in [4.69, 9.17) is 0 Å². The molecule has 0 saturated carbocycles. The molecule has 130 valence electrons. The van der Waals surface area contributed by atoms with Crippen molar-refractivity contribution in [2.24, 2.45) is 0 Å². The van der Waals surface area contributed by atoms with E-state index >= 15 is 0 Å². The number of carbonyl (C=O) groups is 4. The Hall–Kier alpha value is -2.88. The lowest BCUT2D eigenvalue weighted by atomic mass is 10.0. The lowest BCUT2D eigenvalue weighted by Crippen LogP contribution is -2.54. The normalized spacial score (nSPS) is 23.8. The van der Waals surface area contributed by atoms with Crippen molar-refractivity contribution in [2.45, 2.75) is 18.9 Å². The highest BCUT2D eigenvalue weighted by Gasteiger charge is 2.46. The third kappa shape index (κ3) is 2.54. The van der Waals surface area contributed by atoms with Crippen molar-refractivity contribution < 1.29 is 19.2 Å². The number of aromatic nitrogens is 2. The Bertz CT molecular complexity index is 788. The molecule has 3 aliphatic rings. The number of carbonyl (C=O) groups excluding carboxylic acids is 4. The number of amides is 4. The van der Waals surface area contributed by atoms with Gasteiger partial charge in [-0.05, 0) is 6.42 Å². The molecule has 4 heterocycles. The molecule has 4 rings (SSSR count). The van der Waals surface area contributed by atoms with Crippen molar-refractivity contribution >= 4 is 29.6 Å². The monoisotopic (exact) mass is 344 g/mol. The van der Waals surface area contributed by atoms with Gasteiger partial charge in [0.25, 0.3) is 11.8 Å². The summed E-state index contributed by atoms with van der Waals surface area (Å²) in [6.07, 6.45) is 1.54. The highest BCUT2D eigenvalue weighted by Crippen LogP contribution is 2.27. The molecule has 1 atom stereocenters. The number of nitrogens with zero attached hydrogens (tertiary/aromatic N) is 4. The second-order valence-electron chi connectivity index (χ2n) is 6.12. The van der Waals surface area contributed by atoms with Gasteiger partial charge >= 0.3 is 0 Å².